The maximum absolute atomic E-state index is 10.9. The van der Waals surface area contributed by atoms with E-state index >= 15 is 0 Å². The molecule has 2 N–H and O–H groups in total. The number of benzene rings is 1. The molecule has 0 bridgehead atoms. The molecule has 0 unspecified atom stereocenters. The Kier molecular flexibility index (Phi) is 1.75. The summed E-state index contributed by atoms with van der Waals surface area (Å²) in [5.41, 5.74) is 2.14. The van der Waals surface area contributed by atoms with Gasteiger partial charge in [-0.1, -0.05) is 18.2 Å². The van der Waals surface area contributed by atoms with E-state index in [1.165, 1.54) is 5.48 Å². The molecule has 1 aromatic carbocycles. The van der Waals surface area contributed by atoms with E-state index < -0.39 is 5.91 Å². The van der Waals surface area contributed by atoms with Crippen molar-refractivity contribution in [2.75, 3.05) is 0 Å². The van der Waals surface area contributed by atoms with Crippen LogP contribution in [0, 0.1) is 0 Å². The van der Waals surface area contributed by atoms with Crippen LogP contribution in [0.3, 0.4) is 0 Å². The first-order valence-electron chi connectivity index (χ1n) is 3.74. The van der Waals surface area contributed by atoms with E-state index in [0.717, 1.165) is 5.39 Å². The minimum Gasteiger partial charge on any atom is -0.451 e. The molecular weight excluding hydrogens is 170 g/mol. The van der Waals surface area contributed by atoms with Crippen molar-refractivity contribution < 1.29 is 14.4 Å². The Balaban J connectivity index is 2.56. The van der Waals surface area contributed by atoms with Gasteiger partial charge in [-0.25, -0.2) is 5.48 Å². The number of para-hydroxylation sites is 1. The smallest absolute Gasteiger partial charge is 0.310 e. The largest absolute Gasteiger partial charge is 0.451 e. The number of carbonyl (C=O) groups excluding carboxylic acids is 1. The van der Waals surface area contributed by atoms with Crippen molar-refractivity contribution in [1.82, 2.24) is 5.48 Å². The summed E-state index contributed by atoms with van der Waals surface area (Å²) in [6.45, 7) is 0. The van der Waals surface area contributed by atoms with Crippen LogP contribution in [-0.4, -0.2) is 11.1 Å². The molecule has 2 aromatic rings. The molecule has 0 atom stereocenters. The molecule has 1 amide bonds. The second-order valence-corrected chi connectivity index (χ2v) is 2.59. The first-order valence-corrected chi connectivity index (χ1v) is 3.74. The Morgan fingerprint density at radius 3 is 2.85 bits per heavy atom. The van der Waals surface area contributed by atoms with Crippen LogP contribution >= 0.6 is 0 Å². The van der Waals surface area contributed by atoms with Crippen LogP contribution in [-0.2, 0) is 0 Å². The van der Waals surface area contributed by atoms with Crippen molar-refractivity contribution in [1.29, 1.82) is 0 Å². The number of rotatable bonds is 1. The van der Waals surface area contributed by atoms with Gasteiger partial charge in [0.1, 0.15) is 5.58 Å². The van der Waals surface area contributed by atoms with E-state index in [1.807, 2.05) is 18.2 Å². The molecule has 0 radical (unpaired) electrons. The van der Waals surface area contributed by atoms with Gasteiger partial charge in [0.15, 0.2) is 5.76 Å². The lowest BCUT2D eigenvalue weighted by atomic mass is 10.2. The second-order valence-electron chi connectivity index (χ2n) is 2.59. The summed E-state index contributed by atoms with van der Waals surface area (Å²) in [6.07, 6.45) is 0. The summed E-state index contributed by atoms with van der Waals surface area (Å²) in [5.74, 6) is -0.542. The Morgan fingerprint density at radius 1 is 1.38 bits per heavy atom. The highest BCUT2D eigenvalue weighted by Crippen LogP contribution is 2.18. The molecule has 0 aliphatic carbocycles. The van der Waals surface area contributed by atoms with Gasteiger partial charge in [-0.05, 0) is 12.1 Å². The molecule has 2 rings (SSSR count). The minimum absolute atomic E-state index is 0.101. The van der Waals surface area contributed by atoms with Crippen LogP contribution in [0.2, 0.25) is 0 Å². The first kappa shape index (κ1) is 7.82. The van der Waals surface area contributed by atoms with E-state index in [2.05, 4.69) is 0 Å². The number of fused-ring (bicyclic) bond motifs is 1. The number of amides is 1. The number of nitrogens with one attached hydrogen (secondary N) is 1. The molecule has 0 aliphatic rings. The zero-order valence-corrected chi connectivity index (χ0v) is 6.65. The van der Waals surface area contributed by atoms with Gasteiger partial charge in [-0.15, -0.1) is 0 Å². The highest BCUT2D eigenvalue weighted by Gasteiger charge is 2.09. The summed E-state index contributed by atoms with van der Waals surface area (Å²) in [6, 6.07) is 8.81. The summed E-state index contributed by atoms with van der Waals surface area (Å²) in [4.78, 5) is 10.9. The Morgan fingerprint density at radius 2 is 2.15 bits per heavy atom. The number of carbonyl (C=O) groups is 1. The van der Waals surface area contributed by atoms with Gasteiger partial charge in [0.05, 0.1) is 0 Å². The lowest BCUT2D eigenvalue weighted by Crippen LogP contribution is -2.17. The summed E-state index contributed by atoms with van der Waals surface area (Å²) in [5, 5.41) is 9.19. The summed E-state index contributed by atoms with van der Waals surface area (Å²) in [7, 11) is 0. The van der Waals surface area contributed by atoms with Crippen molar-refractivity contribution in [2.45, 2.75) is 0 Å². The average molecular weight is 177 g/mol. The molecule has 0 saturated carbocycles. The molecule has 0 spiro atoms. The van der Waals surface area contributed by atoms with Crippen LogP contribution in [0.1, 0.15) is 10.6 Å². The van der Waals surface area contributed by atoms with Crippen LogP contribution in [0.5, 0.6) is 0 Å². The molecule has 1 aromatic heterocycles. The third kappa shape index (κ3) is 1.27. The fraction of sp³-hybridized carbons (Fsp3) is 0. The van der Waals surface area contributed by atoms with Gasteiger partial charge in [0.2, 0.25) is 0 Å². The Labute approximate surface area is 73.7 Å². The second kappa shape index (κ2) is 2.91. The average Bonchev–Trinajstić information content (AvgIpc) is 2.59. The molecule has 4 nitrogen and oxygen atoms in total. The SMILES string of the molecule is O=C(NO)c1cc2ccccc2o1. The van der Waals surface area contributed by atoms with Crippen LogP contribution in [0.25, 0.3) is 11.0 Å². The van der Waals surface area contributed by atoms with E-state index in [0.29, 0.717) is 5.58 Å². The van der Waals surface area contributed by atoms with E-state index in [1.54, 1.807) is 12.1 Å². The van der Waals surface area contributed by atoms with Gasteiger partial charge in [-0.2, -0.15) is 0 Å². The van der Waals surface area contributed by atoms with Gasteiger partial charge in [0, 0.05) is 5.39 Å². The maximum atomic E-state index is 10.9. The zero-order valence-electron chi connectivity index (χ0n) is 6.65. The molecular formula is C9H7NO3. The summed E-state index contributed by atoms with van der Waals surface area (Å²) < 4.78 is 5.15. The van der Waals surface area contributed by atoms with Gasteiger partial charge >= 0.3 is 5.91 Å². The molecule has 0 aliphatic heterocycles. The maximum Gasteiger partial charge on any atom is 0.310 e. The fourth-order valence-electron chi connectivity index (χ4n) is 1.15. The van der Waals surface area contributed by atoms with Crippen molar-refractivity contribution in [2.24, 2.45) is 0 Å². The third-order valence-corrected chi connectivity index (χ3v) is 1.75. The minimum atomic E-state index is -0.642. The van der Waals surface area contributed by atoms with Gasteiger partial charge < -0.3 is 4.42 Å². The van der Waals surface area contributed by atoms with Crippen molar-refractivity contribution in [3.05, 3.63) is 36.1 Å². The lowest BCUT2D eigenvalue weighted by molar-refractivity contribution is 0.0678. The van der Waals surface area contributed by atoms with Crippen LogP contribution in [0.15, 0.2) is 34.7 Å². The molecule has 0 fully saturated rings. The Hall–Kier alpha value is -1.81. The highest BCUT2D eigenvalue weighted by atomic mass is 16.5. The first-order chi connectivity index (χ1) is 6.31. The highest BCUT2D eigenvalue weighted by molar-refractivity contribution is 5.95. The standard InChI is InChI=1S/C9H7NO3/c11-9(10-12)8-5-6-3-1-2-4-7(6)13-8/h1-5,12H,(H,10,11). The normalized spacial score (nSPS) is 10.2. The number of furan rings is 1. The summed E-state index contributed by atoms with van der Waals surface area (Å²) >= 11 is 0. The molecule has 4 heteroatoms. The predicted molar refractivity (Wildman–Crippen MR) is 45.5 cm³/mol. The van der Waals surface area contributed by atoms with Gasteiger partial charge in [-0.3, -0.25) is 10.0 Å². The van der Waals surface area contributed by atoms with Crippen LogP contribution in [0.4, 0.5) is 0 Å². The van der Waals surface area contributed by atoms with Crippen LogP contribution < -0.4 is 5.48 Å². The topological polar surface area (TPSA) is 62.5 Å². The lowest BCUT2D eigenvalue weighted by Gasteiger charge is -1.89. The number of hydrogen-bond donors (Lipinski definition) is 2. The zero-order chi connectivity index (χ0) is 9.26. The van der Waals surface area contributed by atoms with Gasteiger partial charge in [0.25, 0.3) is 0 Å². The number of hydrogen-bond acceptors (Lipinski definition) is 3. The third-order valence-electron chi connectivity index (χ3n) is 1.75. The van der Waals surface area contributed by atoms with E-state index in [-0.39, 0.29) is 5.76 Å². The quantitative estimate of drug-likeness (QED) is 0.513. The molecule has 1 heterocycles. The Bertz CT molecular complexity index is 414. The number of hydroxylamine groups is 1. The molecule has 13 heavy (non-hydrogen) atoms. The molecule has 66 valence electrons. The molecule has 0 saturated heterocycles. The fourth-order valence-corrected chi connectivity index (χ4v) is 1.15. The van der Waals surface area contributed by atoms with Crippen molar-refractivity contribution >= 4 is 16.9 Å². The van der Waals surface area contributed by atoms with E-state index in [4.69, 9.17) is 9.62 Å². The monoisotopic (exact) mass is 177 g/mol. The van der Waals surface area contributed by atoms with Crippen molar-refractivity contribution in [3.8, 4) is 0 Å². The van der Waals surface area contributed by atoms with Crippen molar-refractivity contribution in [3.63, 3.8) is 0 Å². The predicted octanol–water partition coefficient (Wildman–Crippen LogP) is 1.55. The van der Waals surface area contributed by atoms with E-state index in [9.17, 15) is 4.79 Å².